The van der Waals surface area contributed by atoms with Gasteiger partial charge < -0.3 is 52.5 Å². The van der Waals surface area contributed by atoms with E-state index < -0.39 is 55.8 Å². The van der Waals surface area contributed by atoms with Gasteiger partial charge in [0.2, 0.25) is 0 Å². The van der Waals surface area contributed by atoms with Crippen LogP contribution < -0.4 is 16.8 Å². The molecule has 0 heterocycles. The number of hydrogen-bond donors (Lipinski definition) is 10. The van der Waals surface area contributed by atoms with Crippen LogP contribution in [0.15, 0.2) is 0 Å². The number of rotatable bonds is 7. The first kappa shape index (κ1) is 22.6. The highest BCUT2D eigenvalue weighted by Gasteiger charge is 2.51. The summed E-state index contributed by atoms with van der Waals surface area (Å²) < 4.78 is 0. The summed E-state index contributed by atoms with van der Waals surface area (Å²) in [7, 11) is 0. The van der Waals surface area contributed by atoms with Gasteiger partial charge in [-0.1, -0.05) is 0 Å². The second-order valence-electron chi connectivity index (χ2n) is 5.66. The van der Waals surface area contributed by atoms with Crippen molar-refractivity contribution >= 4 is 0 Å². The maximum atomic E-state index is 9.93. The summed E-state index contributed by atoms with van der Waals surface area (Å²) in [6.45, 7) is -0.127. The molecule has 140 valence electrons. The fourth-order valence-electron chi connectivity index (χ4n) is 2.26. The zero-order valence-corrected chi connectivity index (χ0v) is 13.1. The van der Waals surface area contributed by atoms with Crippen molar-refractivity contribution in [3.63, 3.8) is 0 Å². The zero-order chi connectivity index (χ0) is 18.0. The quantitative estimate of drug-likeness (QED) is 0.213. The minimum Gasteiger partial charge on any atom is -0.395 e. The molecule has 12 N–H and O–H groups in total. The Morgan fingerprint density at radius 3 is 1.87 bits per heavy atom. The standard InChI is InChI=1S/C10H21NO7.C3H10N2/c12-2-5(3-13)11-6-1-10(18,4-14)9(17)8(16)7(6)15;4-2-1-3-5/h5-9,11-18H,1-4H2;1-5H2/t6-,7-,8+,9-,10-;/m0./s1. The van der Waals surface area contributed by atoms with Crippen LogP contribution in [-0.2, 0) is 0 Å². The molecule has 0 radical (unpaired) electrons. The summed E-state index contributed by atoms with van der Waals surface area (Å²) in [4.78, 5) is 0. The maximum Gasteiger partial charge on any atom is 0.118 e. The van der Waals surface area contributed by atoms with Crippen LogP contribution >= 0.6 is 0 Å². The summed E-state index contributed by atoms with van der Waals surface area (Å²) in [6, 6.07) is -1.60. The van der Waals surface area contributed by atoms with Crippen molar-refractivity contribution in [3.8, 4) is 0 Å². The van der Waals surface area contributed by atoms with Crippen molar-refractivity contribution in [2.24, 2.45) is 11.5 Å². The van der Waals surface area contributed by atoms with E-state index in [9.17, 15) is 20.4 Å². The topological polar surface area (TPSA) is 206 Å². The Labute approximate surface area is 135 Å². The van der Waals surface area contributed by atoms with Crippen LogP contribution in [0.25, 0.3) is 0 Å². The SMILES string of the molecule is NCCCN.OCC(CO)N[C@H]1C[C@](O)(CO)[C@@H](O)[C@H](O)[C@H]1O. The van der Waals surface area contributed by atoms with Crippen LogP contribution in [0.3, 0.4) is 0 Å². The molecular weight excluding hydrogens is 310 g/mol. The summed E-state index contributed by atoms with van der Waals surface area (Å²) in [5.41, 5.74) is 8.18. The average Bonchev–Trinajstić information content (AvgIpc) is 2.56. The van der Waals surface area contributed by atoms with E-state index in [0.29, 0.717) is 0 Å². The fraction of sp³-hybridized carbons (Fsp3) is 1.00. The highest BCUT2D eigenvalue weighted by Crippen LogP contribution is 2.29. The van der Waals surface area contributed by atoms with E-state index in [1.807, 2.05) is 0 Å². The molecule has 1 saturated carbocycles. The molecule has 5 atom stereocenters. The van der Waals surface area contributed by atoms with Crippen molar-refractivity contribution in [2.45, 2.75) is 48.8 Å². The van der Waals surface area contributed by atoms with Gasteiger partial charge in [-0.2, -0.15) is 0 Å². The Bertz CT molecular complexity index is 307. The molecule has 0 aromatic rings. The summed E-state index contributed by atoms with van der Waals surface area (Å²) in [5.74, 6) is 0. The molecule has 1 fully saturated rings. The number of hydrogen-bond acceptors (Lipinski definition) is 10. The first-order chi connectivity index (χ1) is 10.8. The van der Waals surface area contributed by atoms with E-state index in [4.69, 9.17) is 26.8 Å². The molecule has 0 saturated heterocycles. The van der Waals surface area contributed by atoms with E-state index in [1.54, 1.807) is 0 Å². The third-order valence-corrected chi connectivity index (χ3v) is 3.78. The van der Waals surface area contributed by atoms with Gasteiger partial charge in [0, 0.05) is 6.04 Å². The van der Waals surface area contributed by atoms with E-state index in [-0.39, 0.29) is 6.42 Å². The Morgan fingerprint density at radius 2 is 1.52 bits per heavy atom. The van der Waals surface area contributed by atoms with Crippen molar-refractivity contribution in [3.05, 3.63) is 0 Å². The van der Waals surface area contributed by atoms with Gasteiger partial charge in [-0.3, -0.25) is 0 Å². The van der Waals surface area contributed by atoms with Gasteiger partial charge in [-0.15, -0.1) is 0 Å². The maximum absolute atomic E-state index is 9.93. The number of nitrogens with one attached hydrogen (secondary N) is 1. The van der Waals surface area contributed by atoms with E-state index >= 15 is 0 Å². The van der Waals surface area contributed by atoms with Crippen LogP contribution in [0.4, 0.5) is 0 Å². The van der Waals surface area contributed by atoms with E-state index in [0.717, 1.165) is 19.5 Å². The second kappa shape index (κ2) is 11.2. The molecule has 0 aliphatic heterocycles. The van der Waals surface area contributed by atoms with Gasteiger partial charge in [-0.05, 0) is 25.9 Å². The second-order valence-corrected chi connectivity index (χ2v) is 5.66. The molecule has 0 aromatic heterocycles. The molecule has 1 aliphatic rings. The molecule has 23 heavy (non-hydrogen) atoms. The van der Waals surface area contributed by atoms with Crippen LogP contribution in [0.5, 0.6) is 0 Å². The number of aliphatic hydroxyl groups excluding tert-OH is 6. The number of nitrogens with two attached hydrogens (primary N) is 2. The minimum absolute atomic E-state index is 0.223. The van der Waals surface area contributed by atoms with Crippen molar-refractivity contribution < 1.29 is 35.7 Å². The lowest BCUT2D eigenvalue weighted by Crippen LogP contribution is -2.68. The van der Waals surface area contributed by atoms with Gasteiger partial charge in [0.1, 0.15) is 17.8 Å². The molecule has 0 amide bonds. The van der Waals surface area contributed by atoms with Gasteiger partial charge >= 0.3 is 0 Å². The van der Waals surface area contributed by atoms with Crippen molar-refractivity contribution in [1.82, 2.24) is 5.32 Å². The van der Waals surface area contributed by atoms with Gasteiger partial charge in [0.25, 0.3) is 0 Å². The lowest BCUT2D eigenvalue weighted by atomic mass is 9.76. The zero-order valence-electron chi connectivity index (χ0n) is 13.1. The van der Waals surface area contributed by atoms with Crippen LogP contribution in [-0.4, -0.2) is 105 Å². The predicted molar refractivity (Wildman–Crippen MR) is 82.3 cm³/mol. The molecule has 0 aromatic carbocycles. The third-order valence-electron chi connectivity index (χ3n) is 3.78. The predicted octanol–water partition coefficient (Wildman–Crippen LogP) is -5.20. The normalized spacial score (nSPS) is 34.2. The highest BCUT2D eigenvalue weighted by molar-refractivity contribution is 5.05. The Balaban J connectivity index is 0.000000841. The molecule has 10 nitrogen and oxygen atoms in total. The fourth-order valence-corrected chi connectivity index (χ4v) is 2.26. The average molecular weight is 341 g/mol. The van der Waals surface area contributed by atoms with Crippen molar-refractivity contribution in [1.29, 1.82) is 0 Å². The van der Waals surface area contributed by atoms with Crippen LogP contribution in [0.2, 0.25) is 0 Å². The van der Waals surface area contributed by atoms with Gasteiger partial charge in [0.15, 0.2) is 0 Å². The monoisotopic (exact) mass is 341 g/mol. The first-order valence-electron chi connectivity index (χ1n) is 7.56. The van der Waals surface area contributed by atoms with Gasteiger partial charge in [0.05, 0.1) is 32.0 Å². The molecule has 10 heteroatoms. The molecule has 0 bridgehead atoms. The number of aliphatic hydroxyl groups is 7. The van der Waals surface area contributed by atoms with Crippen molar-refractivity contribution in [2.75, 3.05) is 32.9 Å². The first-order valence-corrected chi connectivity index (χ1v) is 7.56. The lowest BCUT2D eigenvalue weighted by Gasteiger charge is -2.46. The van der Waals surface area contributed by atoms with Gasteiger partial charge in [-0.25, -0.2) is 0 Å². The highest BCUT2D eigenvalue weighted by atomic mass is 16.4. The Morgan fingerprint density at radius 1 is 1.00 bits per heavy atom. The Hall–Kier alpha value is -0.400. The summed E-state index contributed by atoms with van der Waals surface area (Å²) in [6.07, 6.45) is -3.96. The minimum atomic E-state index is -1.94. The summed E-state index contributed by atoms with van der Waals surface area (Å²) >= 11 is 0. The molecular formula is C13H31N3O7. The largest absolute Gasteiger partial charge is 0.395 e. The third kappa shape index (κ3) is 6.55. The molecule has 0 unspecified atom stereocenters. The van der Waals surface area contributed by atoms with Crippen LogP contribution in [0, 0.1) is 0 Å². The van der Waals surface area contributed by atoms with E-state index in [2.05, 4.69) is 5.32 Å². The molecule has 1 aliphatic carbocycles. The smallest absolute Gasteiger partial charge is 0.118 e. The molecule has 0 spiro atoms. The lowest BCUT2D eigenvalue weighted by molar-refractivity contribution is -0.207. The van der Waals surface area contributed by atoms with E-state index in [1.165, 1.54) is 0 Å². The van der Waals surface area contributed by atoms with Crippen LogP contribution in [0.1, 0.15) is 12.8 Å². The summed E-state index contributed by atoms with van der Waals surface area (Å²) in [5, 5.41) is 68.4. The Kier molecular flexibility index (Phi) is 11.0. The molecule has 1 rings (SSSR count).